The zero-order chi connectivity index (χ0) is 16.2. The molecule has 0 fully saturated rings. The van der Waals surface area contributed by atoms with Crippen LogP contribution in [0.1, 0.15) is 24.2 Å². The molecule has 6 nitrogen and oxygen atoms in total. The summed E-state index contributed by atoms with van der Waals surface area (Å²) >= 11 is 0. The third-order valence-electron chi connectivity index (χ3n) is 2.85. The van der Waals surface area contributed by atoms with Crippen molar-refractivity contribution in [3.8, 4) is 6.07 Å². The van der Waals surface area contributed by atoms with Gasteiger partial charge in [-0.3, -0.25) is 0 Å². The van der Waals surface area contributed by atoms with E-state index in [0.717, 1.165) is 22.5 Å². The van der Waals surface area contributed by atoms with Gasteiger partial charge in [0.25, 0.3) is 0 Å². The molecule has 0 spiro atoms. The Balaban J connectivity index is 3.32. The van der Waals surface area contributed by atoms with Gasteiger partial charge in [0, 0.05) is 13.1 Å². The number of aromatic carboxylic acids is 1. The Kier molecular flexibility index (Phi) is 5.41. The fourth-order valence-electron chi connectivity index (χ4n) is 1.72. The Labute approximate surface area is 122 Å². The molecule has 1 aromatic rings. The van der Waals surface area contributed by atoms with E-state index in [9.17, 15) is 17.6 Å². The summed E-state index contributed by atoms with van der Waals surface area (Å²) in [4.78, 5) is 10.2. The quantitative estimate of drug-likeness (QED) is 0.861. The zero-order valence-electron chi connectivity index (χ0n) is 11.6. The number of halogens is 1. The Hall–Kier alpha value is -1.98. The molecule has 1 aromatic carbocycles. The summed E-state index contributed by atoms with van der Waals surface area (Å²) in [5.41, 5.74) is -0.320. The van der Waals surface area contributed by atoms with Crippen molar-refractivity contribution in [2.45, 2.75) is 18.7 Å². The molecular formula is C13H15FN2O4S. The summed E-state index contributed by atoms with van der Waals surface area (Å²) in [7, 11) is -4.20. The highest BCUT2D eigenvalue weighted by molar-refractivity contribution is 7.89. The van der Waals surface area contributed by atoms with Crippen molar-refractivity contribution >= 4 is 16.0 Å². The van der Waals surface area contributed by atoms with Crippen LogP contribution in [0.4, 0.5) is 4.39 Å². The molecule has 0 aliphatic heterocycles. The summed E-state index contributed by atoms with van der Waals surface area (Å²) in [5, 5.41) is 17.6. The number of sulfonamides is 1. The summed E-state index contributed by atoms with van der Waals surface area (Å²) < 4.78 is 39.5. The van der Waals surface area contributed by atoms with Gasteiger partial charge in [-0.15, -0.1) is 0 Å². The van der Waals surface area contributed by atoms with Gasteiger partial charge in [0.05, 0.1) is 17.6 Å². The minimum Gasteiger partial charge on any atom is -0.478 e. The lowest BCUT2D eigenvalue weighted by Gasteiger charge is -2.21. The first-order chi connectivity index (χ1) is 9.73. The number of carbonyl (C=O) groups is 1. The van der Waals surface area contributed by atoms with E-state index in [0.29, 0.717) is 0 Å². The second-order valence-electron chi connectivity index (χ2n) is 4.44. The first-order valence-corrected chi connectivity index (χ1v) is 7.60. The average Bonchev–Trinajstić information content (AvgIpc) is 2.44. The number of rotatable bonds is 6. The molecular weight excluding hydrogens is 299 g/mol. The molecule has 0 aromatic heterocycles. The van der Waals surface area contributed by atoms with Crippen LogP contribution >= 0.6 is 0 Å². The predicted molar refractivity (Wildman–Crippen MR) is 72.6 cm³/mol. The molecule has 0 radical (unpaired) electrons. The third-order valence-corrected chi connectivity index (χ3v) is 4.80. The van der Waals surface area contributed by atoms with Gasteiger partial charge in [-0.2, -0.15) is 9.57 Å². The number of carboxylic acid groups (broad SMARTS) is 1. The number of hydrogen-bond acceptors (Lipinski definition) is 4. The first-order valence-electron chi connectivity index (χ1n) is 6.16. The normalized spacial score (nSPS) is 12.9. The largest absolute Gasteiger partial charge is 0.478 e. The van der Waals surface area contributed by atoms with Gasteiger partial charge in [-0.25, -0.2) is 17.6 Å². The number of carboxylic acids is 1. The number of hydrogen-bond donors (Lipinski definition) is 1. The van der Waals surface area contributed by atoms with Crippen LogP contribution in [-0.2, 0) is 10.0 Å². The van der Waals surface area contributed by atoms with Crippen molar-refractivity contribution in [2.75, 3.05) is 13.1 Å². The Bertz CT molecular complexity index is 682. The summed E-state index contributed by atoms with van der Waals surface area (Å²) in [6.07, 6.45) is 0. The van der Waals surface area contributed by atoms with Crippen molar-refractivity contribution in [2.24, 2.45) is 5.92 Å². The fourth-order valence-corrected chi connectivity index (χ4v) is 3.34. The topological polar surface area (TPSA) is 98.5 Å². The second kappa shape index (κ2) is 6.65. The maximum absolute atomic E-state index is 13.8. The standard InChI is InChI=1S/C13H15FN2O4S/c1-3-16(8-9(2)7-15)21(19,20)12-6-10(13(17)18)4-5-11(12)14/h4-6,9H,3,8H2,1-2H3,(H,17,18). The minimum atomic E-state index is -4.20. The Morgan fingerprint density at radius 1 is 1.52 bits per heavy atom. The van der Waals surface area contributed by atoms with E-state index < -0.39 is 32.6 Å². The molecule has 1 N–H and O–H groups in total. The third kappa shape index (κ3) is 3.77. The van der Waals surface area contributed by atoms with Crippen molar-refractivity contribution in [1.29, 1.82) is 5.26 Å². The van der Waals surface area contributed by atoms with Crippen LogP contribution in [-0.4, -0.2) is 36.9 Å². The second-order valence-corrected chi connectivity index (χ2v) is 6.34. The van der Waals surface area contributed by atoms with Crippen molar-refractivity contribution in [1.82, 2.24) is 4.31 Å². The molecule has 1 rings (SSSR count). The van der Waals surface area contributed by atoms with Gasteiger partial charge in [-0.1, -0.05) is 6.92 Å². The van der Waals surface area contributed by atoms with Crippen LogP contribution in [0, 0.1) is 23.1 Å². The van der Waals surface area contributed by atoms with Gasteiger partial charge in [0.2, 0.25) is 10.0 Å². The molecule has 0 aliphatic carbocycles. The number of nitrogens with zero attached hydrogens (tertiary/aromatic N) is 2. The number of nitriles is 1. The van der Waals surface area contributed by atoms with Gasteiger partial charge < -0.3 is 5.11 Å². The van der Waals surface area contributed by atoms with Gasteiger partial charge in [0.1, 0.15) is 10.7 Å². The molecule has 1 atom stereocenters. The van der Waals surface area contributed by atoms with Crippen LogP contribution in [0.2, 0.25) is 0 Å². The molecule has 114 valence electrons. The van der Waals surface area contributed by atoms with Crippen LogP contribution in [0.15, 0.2) is 23.1 Å². The fraction of sp³-hybridized carbons (Fsp3) is 0.385. The minimum absolute atomic E-state index is 0.0467. The highest BCUT2D eigenvalue weighted by Gasteiger charge is 2.28. The molecule has 0 amide bonds. The molecule has 8 heteroatoms. The lowest BCUT2D eigenvalue weighted by atomic mass is 10.2. The molecule has 0 aliphatic rings. The molecule has 0 heterocycles. The lowest BCUT2D eigenvalue weighted by Crippen LogP contribution is -2.35. The van der Waals surface area contributed by atoms with Crippen molar-refractivity contribution < 1.29 is 22.7 Å². The van der Waals surface area contributed by atoms with Gasteiger partial charge >= 0.3 is 5.97 Å². The van der Waals surface area contributed by atoms with E-state index >= 15 is 0 Å². The van der Waals surface area contributed by atoms with E-state index in [2.05, 4.69) is 0 Å². The van der Waals surface area contributed by atoms with Crippen LogP contribution < -0.4 is 0 Å². The van der Waals surface area contributed by atoms with Crippen molar-refractivity contribution in [3.05, 3.63) is 29.6 Å². The van der Waals surface area contributed by atoms with Crippen LogP contribution in [0.5, 0.6) is 0 Å². The highest BCUT2D eigenvalue weighted by Crippen LogP contribution is 2.21. The maximum Gasteiger partial charge on any atom is 0.335 e. The lowest BCUT2D eigenvalue weighted by molar-refractivity contribution is 0.0696. The molecule has 0 bridgehead atoms. The average molecular weight is 314 g/mol. The van der Waals surface area contributed by atoms with Gasteiger partial charge in [0.15, 0.2) is 0 Å². The monoisotopic (exact) mass is 314 g/mol. The number of benzene rings is 1. The zero-order valence-corrected chi connectivity index (χ0v) is 12.4. The SMILES string of the molecule is CCN(CC(C)C#N)S(=O)(=O)c1cc(C(=O)O)ccc1F. The Morgan fingerprint density at radius 3 is 2.62 bits per heavy atom. The predicted octanol–water partition coefficient (Wildman–Crippen LogP) is 1.69. The van der Waals surface area contributed by atoms with Crippen molar-refractivity contribution in [3.63, 3.8) is 0 Å². The van der Waals surface area contributed by atoms with E-state index in [1.807, 2.05) is 6.07 Å². The summed E-state index contributed by atoms with van der Waals surface area (Å²) in [6, 6.07) is 4.48. The van der Waals surface area contributed by atoms with Crippen LogP contribution in [0.3, 0.4) is 0 Å². The van der Waals surface area contributed by atoms with E-state index in [1.54, 1.807) is 13.8 Å². The Morgan fingerprint density at radius 2 is 2.14 bits per heavy atom. The first kappa shape index (κ1) is 17.1. The summed E-state index contributed by atoms with van der Waals surface area (Å²) in [6.45, 7) is 3.06. The van der Waals surface area contributed by atoms with Gasteiger partial charge in [-0.05, 0) is 25.1 Å². The maximum atomic E-state index is 13.8. The molecule has 21 heavy (non-hydrogen) atoms. The molecule has 0 saturated carbocycles. The van der Waals surface area contributed by atoms with E-state index in [-0.39, 0.29) is 18.7 Å². The highest BCUT2D eigenvalue weighted by atomic mass is 32.2. The van der Waals surface area contributed by atoms with E-state index in [1.165, 1.54) is 0 Å². The van der Waals surface area contributed by atoms with E-state index in [4.69, 9.17) is 10.4 Å². The summed E-state index contributed by atoms with van der Waals surface area (Å²) in [5.74, 6) is -2.94. The smallest absolute Gasteiger partial charge is 0.335 e. The molecule has 1 unspecified atom stereocenters. The van der Waals surface area contributed by atoms with Crippen LogP contribution in [0.25, 0.3) is 0 Å². The molecule has 0 saturated heterocycles.